The molecular weight excluding hydrogens is 468 g/mol. The van der Waals surface area contributed by atoms with Crippen molar-refractivity contribution in [3.8, 4) is 16.9 Å². The highest BCUT2D eigenvalue weighted by Crippen LogP contribution is 2.45. The first kappa shape index (κ1) is 28.6. The van der Waals surface area contributed by atoms with Crippen LogP contribution in [0.5, 0.6) is 5.75 Å². The molecule has 206 valence electrons. The third kappa shape index (κ3) is 7.38. The monoisotopic (exact) mass is 516 g/mol. The number of carbonyl (C=O) groups is 1. The van der Waals surface area contributed by atoms with Crippen LogP contribution in [0.1, 0.15) is 108 Å². The number of esters is 1. The largest absolute Gasteiger partial charge is 0.423 e. The van der Waals surface area contributed by atoms with E-state index in [1.807, 2.05) is 24.3 Å². The van der Waals surface area contributed by atoms with Crippen molar-refractivity contribution in [2.45, 2.75) is 103 Å². The van der Waals surface area contributed by atoms with Gasteiger partial charge in [0.15, 0.2) is 0 Å². The molecule has 3 heteroatoms. The number of rotatable bonds is 11. The molecule has 0 amide bonds. The van der Waals surface area contributed by atoms with Crippen LogP contribution in [-0.4, -0.2) is 17.7 Å². The first-order valence-electron chi connectivity index (χ1n) is 15.3. The molecule has 2 fully saturated rings. The van der Waals surface area contributed by atoms with Gasteiger partial charge in [0.2, 0.25) is 0 Å². The van der Waals surface area contributed by atoms with Crippen LogP contribution in [0.25, 0.3) is 11.1 Å². The molecule has 0 aromatic heterocycles. The minimum atomic E-state index is -0.594. The fourth-order valence-corrected chi connectivity index (χ4v) is 6.94. The molecular formula is C35H48O3. The van der Waals surface area contributed by atoms with E-state index in [0.717, 1.165) is 29.7 Å². The Kier molecular flexibility index (Phi) is 10.6. The highest BCUT2D eigenvalue weighted by atomic mass is 16.5. The molecule has 0 bridgehead atoms. The Balaban J connectivity index is 1.31. The van der Waals surface area contributed by atoms with Gasteiger partial charge in [-0.3, -0.25) is 0 Å². The van der Waals surface area contributed by atoms with Crippen molar-refractivity contribution in [2.75, 3.05) is 6.61 Å². The predicted octanol–water partition coefficient (Wildman–Crippen LogP) is 9.03. The Morgan fingerprint density at radius 1 is 0.895 bits per heavy atom. The molecule has 0 radical (unpaired) electrons. The zero-order valence-electron chi connectivity index (χ0n) is 23.7. The zero-order valence-corrected chi connectivity index (χ0v) is 23.7. The summed E-state index contributed by atoms with van der Waals surface area (Å²) in [5.41, 5.74) is 5.32. The lowest BCUT2D eigenvalue weighted by atomic mass is 9.68. The number of benzene rings is 2. The summed E-state index contributed by atoms with van der Waals surface area (Å²) >= 11 is 0. The molecule has 0 spiro atoms. The van der Waals surface area contributed by atoms with Crippen LogP contribution in [0, 0.1) is 17.8 Å². The summed E-state index contributed by atoms with van der Waals surface area (Å²) in [6.45, 7) is 7.66. The van der Waals surface area contributed by atoms with E-state index in [1.54, 1.807) is 0 Å². The fraction of sp³-hybridized carbons (Fsp3) is 0.571. The fourth-order valence-electron chi connectivity index (χ4n) is 6.94. The molecule has 2 aliphatic rings. The highest BCUT2D eigenvalue weighted by molar-refractivity contribution is 5.89. The Bertz CT molecular complexity index is 1040. The van der Waals surface area contributed by atoms with E-state index in [4.69, 9.17) is 9.84 Å². The summed E-state index contributed by atoms with van der Waals surface area (Å²) < 4.78 is 5.29. The Labute approximate surface area is 230 Å². The Morgan fingerprint density at radius 3 is 2.16 bits per heavy atom. The van der Waals surface area contributed by atoms with Crippen LogP contribution < -0.4 is 4.74 Å². The van der Waals surface area contributed by atoms with Gasteiger partial charge in [0.25, 0.3) is 0 Å². The van der Waals surface area contributed by atoms with Gasteiger partial charge in [0.1, 0.15) is 5.75 Å². The van der Waals surface area contributed by atoms with Gasteiger partial charge in [-0.05, 0) is 103 Å². The molecule has 0 aliphatic heterocycles. The quantitative estimate of drug-likeness (QED) is 0.140. The smallest absolute Gasteiger partial charge is 0.341 e. The van der Waals surface area contributed by atoms with Gasteiger partial charge in [-0.1, -0.05) is 89.3 Å². The maximum absolute atomic E-state index is 11.9. The lowest BCUT2D eigenvalue weighted by Gasteiger charge is -2.38. The summed E-state index contributed by atoms with van der Waals surface area (Å²) in [5, 5.41) is 9.06. The van der Waals surface area contributed by atoms with Crippen LogP contribution in [0.15, 0.2) is 54.6 Å². The van der Waals surface area contributed by atoms with Gasteiger partial charge in [0, 0.05) is 0 Å². The molecule has 1 N–H and O–H groups in total. The van der Waals surface area contributed by atoms with E-state index in [9.17, 15) is 4.79 Å². The number of hydrogen-bond acceptors (Lipinski definition) is 3. The molecule has 2 aromatic carbocycles. The maximum Gasteiger partial charge on any atom is 0.341 e. The number of unbranched alkanes of at least 4 members (excludes halogenated alkanes) is 2. The first-order valence-corrected chi connectivity index (χ1v) is 15.3. The first-order chi connectivity index (χ1) is 18.5. The number of aliphatic hydroxyl groups excluding tert-OH is 1. The van der Waals surface area contributed by atoms with Crippen molar-refractivity contribution in [2.24, 2.45) is 17.8 Å². The summed E-state index contributed by atoms with van der Waals surface area (Å²) in [4.78, 5) is 11.9. The van der Waals surface area contributed by atoms with E-state index >= 15 is 0 Å². The van der Waals surface area contributed by atoms with Crippen molar-refractivity contribution in [1.29, 1.82) is 0 Å². The van der Waals surface area contributed by atoms with Gasteiger partial charge in [-0.25, -0.2) is 4.79 Å². The normalized spacial score (nSPS) is 23.7. The lowest BCUT2D eigenvalue weighted by molar-refractivity contribution is -0.130. The minimum absolute atomic E-state index is 0.0529. The van der Waals surface area contributed by atoms with E-state index in [0.29, 0.717) is 11.7 Å². The Morgan fingerprint density at radius 2 is 1.55 bits per heavy atom. The van der Waals surface area contributed by atoms with Gasteiger partial charge in [0.05, 0.1) is 12.2 Å². The van der Waals surface area contributed by atoms with Crippen molar-refractivity contribution in [1.82, 2.24) is 0 Å². The standard InChI is InChI=1S/C35H48O3/c1-4-6-7-8-26-9-11-28(12-10-26)29-13-15-30(16-14-29)32-19-22-34(27(5-2)23-32)31-17-20-33(21-18-31)38-35(37)25(3)24-36/h17-23,26,28-30,36H,3-16,24H2,1-2H3. The van der Waals surface area contributed by atoms with Gasteiger partial charge in [-0.2, -0.15) is 0 Å². The average Bonchev–Trinajstić information content (AvgIpc) is 2.97. The third-order valence-corrected chi connectivity index (χ3v) is 9.38. The van der Waals surface area contributed by atoms with Crippen molar-refractivity contribution in [3.05, 3.63) is 65.7 Å². The second-order valence-electron chi connectivity index (χ2n) is 11.8. The summed E-state index contributed by atoms with van der Waals surface area (Å²) in [7, 11) is 0. The molecule has 0 saturated heterocycles. The van der Waals surface area contributed by atoms with Gasteiger partial charge < -0.3 is 9.84 Å². The van der Waals surface area contributed by atoms with Gasteiger partial charge >= 0.3 is 5.97 Å². The van der Waals surface area contributed by atoms with Crippen LogP contribution in [-0.2, 0) is 11.2 Å². The summed E-state index contributed by atoms with van der Waals surface area (Å²) in [6.07, 6.45) is 18.1. The van der Waals surface area contributed by atoms with E-state index in [2.05, 4.69) is 38.6 Å². The highest BCUT2D eigenvalue weighted by Gasteiger charge is 2.31. The molecule has 3 nitrogen and oxygen atoms in total. The molecule has 4 rings (SSSR count). The van der Waals surface area contributed by atoms with E-state index in [-0.39, 0.29) is 5.57 Å². The lowest BCUT2D eigenvalue weighted by Crippen LogP contribution is -2.25. The van der Waals surface area contributed by atoms with Crippen LogP contribution in [0.3, 0.4) is 0 Å². The molecule has 0 unspecified atom stereocenters. The zero-order chi connectivity index (χ0) is 26.9. The Hall–Kier alpha value is -2.39. The van der Waals surface area contributed by atoms with E-state index < -0.39 is 12.6 Å². The molecule has 2 saturated carbocycles. The van der Waals surface area contributed by atoms with Gasteiger partial charge in [-0.15, -0.1) is 0 Å². The molecule has 0 heterocycles. The summed E-state index contributed by atoms with van der Waals surface area (Å²) in [6, 6.07) is 14.7. The molecule has 2 aromatic rings. The third-order valence-electron chi connectivity index (χ3n) is 9.38. The summed E-state index contributed by atoms with van der Waals surface area (Å²) in [5.74, 6) is 3.51. The van der Waals surface area contributed by atoms with Crippen molar-refractivity contribution < 1.29 is 14.6 Å². The SMILES string of the molecule is C=C(CO)C(=O)Oc1ccc(-c2ccc(C3CCC(C4CCC(CCCCC)CC4)CC3)cc2CC)cc1. The minimum Gasteiger partial charge on any atom is -0.423 e. The molecule has 2 aliphatic carbocycles. The molecule has 38 heavy (non-hydrogen) atoms. The van der Waals surface area contributed by atoms with E-state index in [1.165, 1.54) is 93.7 Å². The number of carbonyl (C=O) groups excluding carboxylic acids is 1. The predicted molar refractivity (Wildman–Crippen MR) is 157 cm³/mol. The van der Waals surface area contributed by atoms with Crippen LogP contribution in [0.4, 0.5) is 0 Å². The number of ether oxygens (including phenoxy) is 1. The van der Waals surface area contributed by atoms with Crippen molar-refractivity contribution in [3.63, 3.8) is 0 Å². The van der Waals surface area contributed by atoms with Crippen molar-refractivity contribution >= 4 is 5.97 Å². The number of aliphatic hydroxyl groups is 1. The van der Waals surface area contributed by atoms with Crippen LogP contribution >= 0.6 is 0 Å². The second kappa shape index (κ2) is 14.1. The number of aryl methyl sites for hydroxylation is 1. The molecule has 0 atom stereocenters. The average molecular weight is 517 g/mol. The number of hydrogen-bond donors (Lipinski definition) is 1. The second-order valence-corrected chi connectivity index (χ2v) is 11.8. The van der Waals surface area contributed by atoms with Crippen LogP contribution in [0.2, 0.25) is 0 Å². The topological polar surface area (TPSA) is 46.5 Å². The maximum atomic E-state index is 11.9.